The molecule has 0 bridgehead atoms. The molecule has 0 fully saturated rings. The number of nitrogens with one attached hydrogen (secondary N) is 1. The van der Waals surface area contributed by atoms with Crippen LogP contribution in [-0.4, -0.2) is 16.8 Å². The maximum Gasteiger partial charge on any atom is 0.122 e. The first-order chi connectivity index (χ1) is 9.61. The number of hydrogen-bond acceptors (Lipinski definition) is 5. The monoisotopic (exact) mass is 273 g/mol. The molecule has 2 rings (SSSR count). The molecule has 0 spiro atoms. The van der Waals surface area contributed by atoms with Crippen LogP contribution in [0, 0.1) is 0 Å². The van der Waals surface area contributed by atoms with Crippen LogP contribution in [0.2, 0.25) is 0 Å². The van der Waals surface area contributed by atoms with Gasteiger partial charge in [-0.3, -0.25) is 0 Å². The Balaban J connectivity index is 2.18. The molecule has 5 nitrogen and oxygen atoms in total. The average Bonchev–Trinajstić information content (AvgIpc) is 2.40. The van der Waals surface area contributed by atoms with Crippen molar-refractivity contribution in [3.63, 3.8) is 0 Å². The van der Waals surface area contributed by atoms with Gasteiger partial charge in [0.1, 0.15) is 5.75 Å². The highest BCUT2D eigenvalue weighted by atomic mass is 16.3. The lowest BCUT2D eigenvalue weighted by molar-refractivity contribution is 0.300. The molecule has 0 heterocycles. The number of benzene rings is 2. The first-order valence-corrected chi connectivity index (χ1v) is 6.41. The zero-order valence-electron chi connectivity index (χ0n) is 11.1. The van der Waals surface area contributed by atoms with Crippen molar-refractivity contribution >= 4 is 17.1 Å². The van der Waals surface area contributed by atoms with Crippen molar-refractivity contribution in [2.24, 2.45) is 0 Å². The second kappa shape index (κ2) is 6.16. The second-order valence-electron chi connectivity index (χ2n) is 4.59. The molecule has 2 aromatic rings. The highest BCUT2D eigenvalue weighted by Gasteiger charge is 2.07. The van der Waals surface area contributed by atoms with Crippen molar-refractivity contribution in [1.82, 2.24) is 0 Å². The van der Waals surface area contributed by atoms with E-state index in [1.54, 1.807) is 24.3 Å². The summed E-state index contributed by atoms with van der Waals surface area (Å²) in [6.45, 7) is 0.456. The van der Waals surface area contributed by atoms with Crippen molar-refractivity contribution in [2.45, 2.75) is 13.0 Å². The highest BCUT2D eigenvalue weighted by molar-refractivity contribution is 5.60. The Morgan fingerprint density at radius 1 is 1.10 bits per heavy atom. The number of anilines is 3. The van der Waals surface area contributed by atoms with Gasteiger partial charge >= 0.3 is 0 Å². The largest absolute Gasteiger partial charge is 0.508 e. The van der Waals surface area contributed by atoms with Crippen molar-refractivity contribution in [2.75, 3.05) is 23.4 Å². The van der Waals surface area contributed by atoms with Crippen LogP contribution in [0.5, 0.6) is 5.75 Å². The van der Waals surface area contributed by atoms with E-state index in [1.165, 1.54) is 0 Å². The van der Waals surface area contributed by atoms with Crippen LogP contribution in [0.25, 0.3) is 0 Å². The molecule has 0 aliphatic rings. The van der Waals surface area contributed by atoms with Crippen LogP contribution in [0.1, 0.15) is 11.1 Å². The van der Waals surface area contributed by atoms with Crippen molar-refractivity contribution < 1.29 is 10.2 Å². The predicted molar refractivity (Wildman–Crippen MR) is 81.5 cm³/mol. The topological polar surface area (TPSA) is 105 Å². The lowest BCUT2D eigenvalue weighted by atomic mass is 10.1. The SMILES string of the molecule is Nc1ccc(NCc2c(N)cccc2O)c(CCO)c1. The number of phenolic OH excluding ortho intramolecular Hbond substituents is 1. The molecule has 0 aromatic heterocycles. The number of aliphatic hydroxyl groups is 1. The van der Waals surface area contributed by atoms with E-state index in [-0.39, 0.29) is 12.4 Å². The van der Waals surface area contributed by atoms with Crippen molar-refractivity contribution in [3.05, 3.63) is 47.5 Å². The van der Waals surface area contributed by atoms with Crippen molar-refractivity contribution in [3.8, 4) is 5.75 Å². The molecule has 106 valence electrons. The minimum Gasteiger partial charge on any atom is -0.508 e. The quantitative estimate of drug-likeness (QED) is 0.533. The molecular weight excluding hydrogens is 254 g/mol. The van der Waals surface area contributed by atoms with Gasteiger partial charge in [0, 0.05) is 35.8 Å². The smallest absolute Gasteiger partial charge is 0.122 e. The van der Waals surface area contributed by atoms with Gasteiger partial charge in [-0.25, -0.2) is 0 Å². The number of rotatable bonds is 5. The molecule has 0 saturated heterocycles. The number of aliphatic hydroxyl groups excluding tert-OH is 1. The molecule has 0 unspecified atom stereocenters. The van der Waals surface area contributed by atoms with Gasteiger partial charge in [-0.2, -0.15) is 0 Å². The summed E-state index contributed by atoms with van der Waals surface area (Å²) < 4.78 is 0. The molecule has 7 N–H and O–H groups in total. The van der Waals surface area contributed by atoms with Gasteiger partial charge in [-0.15, -0.1) is 0 Å². The molecule has 0 atom stereocenters. The fourth-order valence-corrected chi connectivity index (χ4v) is 2.08. The van der Waals surface area contributed by atoms with Gasteiger partial charge < -0.3 is 27.0 Å². The summed E-state index contributed by atoms with van der Waals surface area (Å²) >= 11 is 0. The standard InChI is InChI=1S/C15H19N3O2/c16-11-4-5-14(10(8-11)6-7-19)18-9-12-13(17)2-1-3-15(12)20/h1-5,8,18-20H,6-7,9,16-17H2. The predicted octanol–water partition coefficient (Wildman–Crippen LogP) is 1.70. The maximum absolute atomic E-state index is 9.81. The molecule has 2 aromatic carbocycles. The van der Waals surface area contributed by atoms with Crippen LogP contribution < -0.4 is 16.8 Å². The van der Waals surface area contributed by atoms with Crippen LogP contribution in [-0.2, 0) is 13.0 Å². The Labute approximate surface area is 117 Å². The Hall–Kier alpha value is -2.40. The zero-order chi connectivity index (χ0) is 14.5. The summed E-state index contributed by atoms with van der Waals surface area (Å²) in [5, 5.41) is 22.1. The van der Waals surface area contributed by atoms with E-state index in [9.17, 15) is 5.11 Å². The third-order valence-electron chi connectivity index (χ3n) is 3.15. The highest BCUT2D eigenvalue weighted by Crippen LogP contribution is 2.26. The van der Waals surface area contributed by atoms with Crippen LogP contribution in [0.3, 0.4) is 0 Å². The summed E-state index contributed by atoms with van der Waals surface area (Å²) in [5.74, 6) is 0.164. The molecule has 20 heavy (non-hydrogen) atoms. The number of phenols is 1. The minimum absolute atomic E-state index is 0.0524. The number of nitrogen functional groups attached to an aromatic ring is 2. The third kappa shape index (κ3) is 3.13. The minimum atomic E-state index is 0.0524. The molecule has 0 saturated carbocycles. The molecule has 0 amide bonds. The van der Waals surface area contributed by atoms with Crippen LogP contribution in [0.15, 0.2) is 36.4 Å². The van der Waals surface area contributed by atoms with Crippen molar-refractivity contribution in [1.29, 1.82) is 0 Å². The van der Waals surface area contributed by atoms with Gasteiger partial charge in [0.2, 0.25) is 0 Å². The molecule has 0 radical (unpaired) electrons. The van der Waals surface area contributed by atoms with E-state index in [0.29, 0.717) is 29.9 Å². The average molecular weight is 273 g/mol. The van der Waals surface area contributed by atoms with E-state index in [1.807, 2.05) is 12.1 Å². The maximum atomic E-state index is 9.81. The van der Waals surface area contributed by atoms with E-state index in [0.717, 1.165) is 11.3 Å². The fourth-order valence-electron chi connectivity index (χ4n) is 2.08. The lowest BCUT2D eigenvalue weighted by Gasteiger charge is -2.14. The Morgan fingerprint density at radius 2 is 1.90 bits per heavy atom. The van der Waals surface area contributed by atoms with Gasteiger partial charge in [0.15, 0.2) is 0 Å². The molecule has 0 aliphatic heterocycles. The van der Waals surface area contributed by atoms with E-state index >= 15 is 0 Å². The summed E-state index contributed by atoms with van der Waals surface area (Å²) in [4.78, 5) is 0. The third-order valence-corrected chi connectivity index (χ3v) is 3.15. The van der Waals surface area contributed by atoms with Gasteiger partial charge in [-0.1, -0.05) is 6.07 Å². The van der Waals surface area contributed by atoms with E-state index < -0.39 is 0 Å². The van der Waals surface area contributed by atoms with E-state index in [4.69, 9.17) is 16.6 Å². The van der Waals surface area contributed by atoms with Gasteiger partial charge in [0.25, 0.3) is 0 Å². The lowest BCUT2D eigenvalue weighted by Crippen LogP contribution is -2.06. The Kier molecular flexibility index (Phi) is 4.32. The fraction of sp³-hybridized carbons (Fsp3) is 0.200. The summed E-state index contributed by atoms with van der Waals surface area (Å²) in [6.07, 6.45) is 0.517. The number of nitrogens with two attached hydrogens (primary N) is 2. The molecule has 5 heteroatoms. The number of hydrogen-bond donors (Lipinski definition) is 5. The normalized spacial score (nSPS) is 10.4. The van der Waals surface area contributed by atoms with Crippen LogP contribution in [0.4, 0.5) is 17.1 Å². The second-order valence-corrected chi connectivity index (χ2v) is 4.59. The summed E-state index contributed by atoms with van der Waals surface area (Å²) in [5.41, 5.74) is 15.2. The Morgan fingerprint density at radius 3 is 2.60 bits per heavy atom. The first-order valence-electron chi connectivity index (χ1n) is 6.41. The van der Waals surface area contributed by atoms with Gasteiger partial charge in [-0.05, 0) is 42.3 Å². The Bertz CT molecular complexity index is 579. The van der Waals surface area contributed by atoms with Gasteiger partial charge in [0.05, 0.1) is 0 Å². The zero-order valence-corrected chi connectivity index (χ0v) is 11.1. The molecular formula is C15H19N3O2. The number of aromatic hydroxyl groups is 1. The van der Waals surface area contributed by atoms with E-state index in [2.05, 4.69) is 5.32 Å². The summed E-state index contributed by atoms with van der Waals surface area (Å²) in [7, 11) is 0. The van der Waals surface area contributed by atoms with Crippen LogP contribution >= 0.6 is 0 Å². The summed E-state index contributed by atoms with van der Waals surface area (Å²) in [6, 6.07) is 10.5. The molecule has 0 aliphatic carbocycles. The first kappa shape index (κ1) is 14.0.